The summed E-state index contributed by atoms with van der Waals surface area (Å²) in [5.74, 6) is -0.610. The molecule has 16 heavy (non-hydrogen) atoms. The topological polar surface area (TPSA) is 78.9 Å². The normalized spacial score (nSPS) is 11.6. The van der Waals surface area contributed by atoms with Crippen molar-refractivity contribution in [1.29, 1.82) is 5.26 Å². The molecule has 84 valence electrons. The third-order valence-electron chi connectivity index (χ3n) is 2.19. The Bertz CT molecular complexity index is 439. The van der Waals surface area contributed by atoms with Crippen molar-refractivity contribution in [2.24, 2.45) is 11.7 Å². The number of carbonyl (C=O) groups is 1. The Morgan fingerprint density at radius 1 is 1.69 bits per heavy atom. The van der Waals surface area contributed by atoms with Crippen LogP contribution in [-0.2, 0) is 4.79 Å². The van der Waals surface area contributed by atoms with Crippen molar-refractivity contribution in [3.8, 4) is 6.07 Å². The summed E-state index contributed by atoms with van der Waals surface area (Å²) in [5, 5.41) is 12.1. The van der Waals surface area contributed by atoms with Gasteiger partial charge in [0.2, 0.25) is 5.91 Å². The van der Waals surface area contributed by atoms with Gasteiger partial charge in [-0.3, -0.25) is 4.79 Å². The second kappa shape index (κ2) is 5.38. The number of primary amides is 1. The molecule has 1 aromatic rings. The first-order chi connectivity index (χ1) is 7.54. The number of hydrogen-bond acceptors (Lipinski definition) is 3. The van der Waals surface area contributed by atoms with E-state index in [4.69, 9.17) is 22.6 Å². The van der Waals surface area contributed by atoms with Gasteiger partial charge in [-0.2, -0.15) is 5.26 Å². The molecule has 1 rings (SSSR count). The maximum atomic E-state index is 10.8. The zero-order chi connectivity index (χ0) is 12.1. The Hall–Kier alpha value is -1.73. The molecule has 0 heterocycles. The van der Waals surface area contributed by atoms with Crippen LogP contribution in [0.2, 0.25) is 5.02 Å². The van der Waals surface area contributed by atoms with Crippen molar-refractivity contribution in [2.75, 3.05) is 11.9 Å². The number of amides is 1. The molecule has 0 fully saturated rings. The summed E-state index contributed by atoms with van der Waals surface area (Å²) in [6.45, 7) is 2.18. The van der Waals surface area contributed by atoms with Gasteiger partial charge in [0.25, 0.3) is 0 Å². The van der Waals surface area contributed by atoms with Crippen LogP contribution in [0.4, 0.5) is 5.69 Å². The van der Waals surface area contributed by atoms with E-state index >= 15 is 0 Å². The highest BCUT2D eigenvalue weighted by Crippen LogP contribution is 2.20. The fraction of sp³-hybridized carbons (Fsp3) is 0.273. The van der Waals surface area contributed by atoms with Gasteiger partial charge in [0.15, 0.2) is 0 Å². The lowest BCUT2D eigenvalue weighted by Crippen LogP contribution is -2.26. The number of benzene rings is 1. The number of nitrogens with two attached hydrogens (primary N) is 1. The first kappa shape index (κ1) is 12.3. The van der Waals surface area contributed by atoms with Crippen molar-refractivity contribution in [2.45, 2.75) is 6.92 Å². The molecule has 5 heteroatoms. The van der Waals surface area contributed by atoms with E-state index in [1.165, 1.54) is 0 Å². The highest BCUT2D eigenvalue weighted by atomic mass is 35.5. The molecular formula is C11H12ClN3O. The summed E-state index contributed by atoms with van der Waals surface area (Å²) >= 11 is 5.85. The van der Waals surface area contributed by atoms with E-state index in [1.54, 1.807) is 25.1 Å². The number of carbonyl (C=O) groups excluding carboxylic acids is 1. The summed E-state index contributed by atoms with van der Waals surface area (Å²) in [5.41, 5.74) is 6.31. The Morgan fingerprint density at radius 3 is 2.88 bits per heavy atom. The van der Waals surface area contributed by atoms with E-state index in [2.05, 4.69) is 5.32 Å². The Labute approximate surface area is 99.0 Å². The second-order valence-corrected chi connectivity index (χ2v) is 3.90. The fourth-order valence-corrected chi connectivity index (χ4v) is 1.31. The average Bonchev–Trinajstić information content (AvgIpc) is 2.25. The van der Waals surface area contributed by atoms with E-state index in [0.29, 0.717) is 17.1 Å². The Morgan fingerprint density at radius 2 is 2.38 bits per heavy atom. The number of rotatable bonds is 4. The van der Waals surface area contributed by atoms with Gasteiger partial charge in [0.05, 0.1) is 16.5 Å². The highest BCUT2D eigenvalue weighted by molar-refractivity contribution is 6.32. The van der Waals surface area contributed by atoms with Crippen molar-refractivity contribution >= 4 is 23.2 Å². The van der Waals surface area contributed by atoms with Crippen LogP contribution in [0, 0.1) is 17.2 Å². The molecule has 0 radical (unpaired) electrons. The van der Waals surface area contributed by atoms with Gasteiger partial charge in [0.1, 0.15) is 6.07 Å². The first-order valence-corrected chi connectivity index (χ1v) is 5.15. The molecule has 0 spiro atoms. The van der Waals surface area contributed by atoms with Crippen molar-refractivity contribution < 1.29 is 4.79 Å². The molecule has 0 aliphatic rings. The Kier molecular flexibility index (Phi) is 4.15. The van der Waals surface area contributed by atoms with Gasteiger partial charge in [-0.25, -0.2) is 0 Å². The zero-order valence-electron chi connectivity index (χ0n) is 8.83. The van der Waals surface area contributed by atoms with E-state index in [0.717, 1.165) is 5.69 Å². The molecule has 0 saturated carbocycles. The zero-order valence-corrected chi connectivity index (χ0v) is 9.58. The summed E-state index contributed by atoms with van der Waals surface area (Å²) in [6.07, 6.45) is 0. The monoisotopic (exact) mass is 237 g/mol. The molecule has 1 unspecified atom stereocenters. The predicted octanol–water partition coefficient (Wildman–Crippen LogP) is 1.74. The largest absolute Gasteiger partial charge is 0.384 e. The number of halogens is 1. The van der Waals surface area contributed by atoms with Crippen molar-refractivity contribution in [3.05, 3.63) is 28.8 Å². The number of anilines is 1. The summed E-state index contributed by atoms with van der Waals surface area (Å²) in [7, 11) is 0. The van der Waals surface area contributed by atoms with Crippen LogP contribution in [0.5, 0.6) is 0 Å². The van der Waals surface area contributed by atoms with E-state index in [1.807, 2.05) is 6.07 Å². The third-order valence-corrected chi connectivity index (χ3v) is 2.50. The second-order valence-electron chi connectivity index (χ2n) is 3.49. The van der Waals surface area contributed by atoms with Gasteiger partial charge in [0, 0.05) is 12.2 Å². The standard InChI is InChI=1S/C11H12ClN3O/c1-7(11(14)16)6-15-9-3-2-8(5-13)10(12)4-9/h2-4,7,15H,6H2,1H3,(H2,14,16). The van der Waals surface area contributed by atoms with Crippen molar-refractivity contribution in [1.82, 2.24) is 0 Å². The van der Waals surface area contributed by atoms with Crippen LogP contribution in [0.1, 0.15) is 12.5 Å². The van der Waals surface area contributed by atoms with E-state index < -0.39 is 0 Å². The molecule has 1 atom stereocenters. The molecule has 1 amide bonds. The summed E-state index contributed by atoms with van der Waals surface area (Å²) in [6, 6.07) is 6.98. The van der Waals surface area contributed by atoms with Crippen LogP contribution in [-0.4, -0.2) is 12.5 Å². The summed E-state index contributed by atoms with van der Waals surface area (Å²) < 4.78 is 0. The van der Waals surface area contributed by atoms with Gasteiger partial charge >= 0.3 is 0 Å². The molecule has 0 aliphatic carbocycles. The maximum absolute atomic E-state index is 10.8. The smallest absolute Gasteiger partial charge is 0.222 e. The van der Waals surface area contributed by atoms with Gasteiger partial charge in [-0.05, 0) is 18.2 Å². The molecule has 0 bridgehead atoms. The maximum Gasteiger partial charge on any atom is 0.222 e. The fourth-order valence-electron chi connectivity index (χ4n) is 1.09. The number of hydrogen-bond donors (Lipinski definition) is 2. The van der Waals surface area contributed by atoms with Crippen LogP contribution >= 0.6 is 11.6 Å². The van der Waals surface area contributed by atoms with Gasteiger partial charge in [-0.1, -0.05) is 18.5 Å². The average molecular weight is 238 g/mol. The lowest BCUT2D eigenvalue weighted by atomic mass is 10.1. The van der Waals surface area contributed by atoms with Crippen LogP contribution < -0.4 is 11.1 Å². The molecule has 1 aromatic carbocycles. The number of nitrogens with one attached hydrogen (secondary N) is 1. The molecular weight excluding hydrogens is 226 g/mol. The predicted molar refractivity (Wildman–Crippen MR) is 63.0 cm³/mol. The highest BCUT2D eigenvalue weighted by Gasteiger charge is 2.08. The van der Waals surface area contributed by atoms with Gasteiger partial charge in [-0.15, -0.1) is 0 Å². The molecule has 4 nitrogen and oxygen atoms in total. The van der Waals surface area contributed by atoms with Crippen LogP contribution in [0.15, 0.2) is 18.2 Å². The SMILES string of the molecule is CC(CNc1ccc(C#N)c(Cl)c1)C(N)=O. The van der Waals surface area contributed by atoms with Crippen LogP contribution in [0.25, 0.3) is 0 Å². The van der Waals surface area contributed by atoms with Crippen molar-refractivity contribution in [3.63, 3.8) is 0 Å². The molecule has 0 aliphatic heterocycles. The minimum absolute atomic E-state index is 0.255. The Balaban J connectivity index is 2.66. The molecule has 3 N–H and O–H groups in total. The number of nitriles is 1. The number of nitrogens with zero attached hydrogens (tertiary/aromatic N) is 1. The minimum atomic E-state index is -0.354. The lowest BCUT2D eigenvalue weighted by molar-refractivity contribution is -0.120. The molecule has 0 aromatic heterocycles. The third kappa shape index (κ3) is 3.14. The van der Waals surface area contributed by atoms with Gasteiger partial charge < -0.3 is 11.1 Å². The molecule has 0 saturated heterocycles. The van der Waals surface area contributed by atoms with E-state index in [9.17, 15) is 4.79 Å². The van der Waals surface area contributed by atoms with E-state index in [-0.39, 0.29) is 11.8 Å². The van der Waals surface area contributed by atoms with Crippen LogP contribution in [0.3, 0.4) is 0 Å². The minimum Gasteiger partial charge on any atom is -0.384 e. The first-order valence-electron chi connectivity index (χ1n) is 4.77. The summed E-state index contributed by atoms with van der Waals surface area (Å²) in [4.78, 5) is 10.8. The lowest BCUT2D eigenvalue weighted by Gasteiger charge is -2.10. The quantitative estimate of drug-likeness (QED) is 0.837.